The monoisotopic (exact) mass is 442 g/mol. The SMILES string of the molecule is CC(C)c1cc(C(=O)c2cccc(NC(=O)NCCc3ccccc3)c2)c2c(N)ncnn12. The van der Waals surface area contributed by atoms with Gasteiger partial charge in [-0.25, -0.2) is 14.3 Å². The van der Waals surface area contributed by atoms with Gasteiger partial charge in [-0.2, -0.15) is 5.10 Å². The number of hydrogen-bond acceptors (Lipinski definition) is 5. The summed E-state index contributed by atoms with van der Waals surface area (Å²) in [7, 11) is 0. The molecular formula is C25H26N6O2. The van der Waals surface area contributed by atoms with Crippen LogP contribution in [0.25, 0.3) is 5.52 Å². The van der Waals surface area contributed by atoms with E-state index in [1.165, 1.54) is 6.33 Å². The van der Waals surface area contributed by atoms with E-state index in [-0.39, 0.29) is 23.6 Å². The Morgan fingerprint density at radius 3 is 2.61 bits per heavy atom. The number of aromatic nitrogens is 3. The standard InChI is InChI=1S/C25H26N6O2/c1-16(2)21-14-20(22-24(26)28-15-29-31(21)22)23(32)18-9-6-10-19(13-18)30-25(33)27-12-11-17-7-4-3-5-8-17/h3-10,13-16H,11-12H2,1-2H3,(H2,26,28,29)(H2,27,30,33). The molecule has 0 aliphatic carbocycles. The number of carbonyl (C=O) groups excluding carboxylic acids is 2. The third kappa shape index (κ3) is 4.85. The Balaban J connectivity index is 1.50. The number of rotatable bonds is 7. The van der Waals surface area contributed by atoms with Gasteiger partial charge in [0.25, 0.3) is 0 Å². The Kier molecular flexibility index (Phi) is 6.35. The van der Waals surface area contributed by atoms with E-state index in [1.807, 2.05) is 50.2 Å². The van der Waals surface area contributed by atoms with Gasteiger partial charge in [-0.15, -0.1) is 0 Å². The molecule has 0 radical (unpaired) electrons. The van der Waals surface area contributed by atoms with Crippen LogP contribution in [-0.4, -0.2) is 33.0 Å². The summed E-state index contributed by atoms with van der Waals surface area (Å²) in [5, 5.41) is 9.90. The van der Waals surface area contributed by atoms with Crippen LogP contribution in [0, 0.1) is 0 Å². The highest BCUT2D eigenvalue weighted by Gasteiger charge is 2.22. The van der Waals surface area contributed by atoms with Gasteiger partial charge in [0.1, 0.15) is 11.8 Å². The number of amides is 2. The minimum absolute atomic E-state index is 0.140. The number of nitrogens with two attached hydrogens (primary N) is 1. The number of anilines is 2. The van der Waals surface area contributed by atoms with E-state index >= 15 is 0 Å². The predicted octanol–water partition coefficient (Wildman–Crippen LogP) is 4.03. The molecule has 4 N–H and O–H groups in total. The average Bonchev–Trinajstić information content (AvgIpc) is 3.21. The first-order valence-corrected chi connectivity index (χ1v) is 10.8. The summed E-state index contributed by atoms with van der Waals surface area (Å²) < 4.78 is 1.67. The van der Waals surface area contributed by atoms with E-state index in [1.54, 1.807) is 28.8 Å². The first-order valence-electron chi connectivity index (χ1n) is 10.8. The minimum Gasteiger partial charge on any atom is -0.382 e. The molecule has 0 bridgehead atoms. The molecule has 4 rings (SSSR count). The second-order valence-corrected chi connectivity index (χ2v) is 8.07. The third-order valence-corrected chi connectivity index (χ3v) is 5.37. The summed E-state index contributed by atoms with van der Waals surface area (Å²) in [5.41, 5.74) is 9.98. The van der Waals surface area contributed by atoms with Gasteiger partial charge >= 0.3 is 6.03 Å². The fourth-order valence-electron chi connectivity index (χ4n) is 3.71. The molecule has 33 heavy (non-hydrogen) atoms. The summed E-state index contributed by atoms with van der Waals surface area (Å²) in [6.45, 7) is 4.55. The maximum absolute atomic E-state index is 13.4. The number of nitrogens with zero attached hydrogens (tertiary/aromatic N) is 3. The van der Waals surface area contributed by atoms with Crippen LogP contribution in [0.3, 0.4) is 0 Å². The molecule has 0 aliphatic heterocycles. The Hall–Kier alpha value is -4.20. The topological polar surface area (TPSA) is 114 Å². The van der Waals surface area contributed by atoms with Crippen LogP contribution in [0.15, 0.2) is 67.0 Å². The van der Waals surface area contributed by atoms with Crippen LogP contribution in [0.2, 0.25) is 0 Å². The molecule has 2 amide bonds. The van der Waals surface area contributed by atoms with Crippen molar-refractivity contribution in [3.8, 4) is 0 Å². The van der Waals surface area contributed by atoms with Gasteiger partial charge in [-0.05, 0) is 36.1 Å². The molecule has 0 fully saturated rings. The number of carbonyl (C=O) groups is 2. The van der Waals surface area contributed by atoms with Crippen molar-refractivity contribution in [1.82, 2.24) is 19.9 Å². The highest BCUT2D eigenvalue weighted by molar-refractivity contribution is 6.15. The lowest BCUT2D eigenvalue weighted by Gasteiger charge is -2.09. The molecule has 0 saturated heterocycles. The third-order valence-electron chi connectivity index (χ3n) is 5.37. The molecule has 168 valence electrons. The molecular weight excluding hydrogens is 416 g/mol. The summed E-state index contributed by atoms with van der Waals surface area (Å²) in [6, 6.07) is 18.2. The van der Waals surface area contributed by atoms with E-state index in [0.717, 1.165) is 17.7 Å². The summed E-state index contributed by atoms with van der Waals surface area (Å²) in [5.74, 6) is 0.169. The lowest BCUT2D eigenvalue weighted by atomic mass is 10.0. The van der Waals surface area contributed by atoms with Crippen LogP contribution >= 0.6 is 0 Å². The van der Waals surface area contributed by atoms with E-state index in [0.29, 0.717) is 28.9 Å². The number of hydrogen-bond donors (Lipinski definition) is 3. The Bertz CT molecular complexity index is 1300. The van der Waals surface area contributed by atoms with Gasteiger partial charge in [0, 0.05) is 23.5 Å². The predicted molar refractivity (Wildman–Crippen MR) is 129 cm³/mol. The number of fused-ring (bicyclic) bond motifs is 1. The molecule has 8 heteroatoms. The number of nitrogens with one attached hydrogen (secondary N) is 2. The number of benzene rings is 2. The molecule has 0 unspecified atom stereocenters. The molecule has 2 heterocycles. The van der Waals surface area contributed by atoms with Crippen LogP contribution in [-0.2, 0) is 6.42 Å². The van der Waals surface area contributed by atoms with Crippen molar-refractivity contribution in [1.29, 1.82) is 0 Å². The summed E-state index contributed by atoms with van der Waals surface area (Å²) in [6.07, 6.45) is 2.11. The van der Waals surface area contributed by atoms with Crippen LogP contribution in [0.1, 0.15) is 46.9 Å². The maximum atomic E-state index is 13.4. The maximum Gasteiger partial charge on any atom is 0.319 e. The molecule has 0 atom stereocenters. The van der Waals surface area contributed by atoms with Gasteiger partial charge in [0.05, 0.1) is 5.56 Å². The molecule has 8 nitrogen and oxygen atoms in total. The number of urea groups is 1. The molecule has 0 aliphatic rings. The highest BCUT2D eigenvalue weighted by Crippen LogP contribution is 2.27. The lowest BCUT2D eigenvalue weighted by Crippen LogP contribution is -2.30. The Morgan fingerprint density at radius 2 is 1.85 bits per heavy atom. The smallest absolute Gasteiger partial charge is 0.319 e. The van der Waals surface area contributed by atoms with Gasteiger partial charge in [0.15, 0.2) is 11.6 Å². The van der Waals surface area contributed by atoms with Crippen molar-refractivity contribution in [2.45, 2.75) is 26.2 Å². The number of nitrogen functional groups attached to an aromatic ring is 1. The van der Waals surface area contributed by atoms with Gasteiger partial charge in [0.2, 0.25) is 0 Å². The molecule has 4 aromatic rings. The fourth-order valence-corrected chi connectivity index (χ4v) is 3.71. The second kappa shape index (κ2) is 9.52. The number of ketones is 1. The largest absolute Gasteiger partial charge is 0.382 e. The summed E-state index contributed by atoms with van der Waals surface area (Å²) >= 11 is 0. The van der Waals surface area contributed by atoms with Crippen molar-refractivity contribution in [2.24, 2.45) is 0 Å². The summed E-state index contributed by atoms with van der Waals surface area (Å²) in [4.78, 5) is 29.7. The average molecular weight is 443 g/mol. The van der Waals surface area contributed by atoms with Gasteiger partial charge in [-0.3, -0.25) is 4.79 Å². The quantitative estimate of drug-likeness (QED) is 0.374. The van der Waals surface area contributed by atoms with Gasteiger partial charge < -0.3 is 16.4 Å². The van der Waals surface area contributed by atoms with E-state index < -0.39 is 0 Å². The second-order valence-electron chi connectivity index (χ2n) is 8.07. The zero-order valence-electron chi connectivity index (χ0n) is 18.6. The first kappa shape index (κ1) is 22.0. The molecule has 2 aromatic heterocycles. The first-order chi connectivity index (χ1) is 15.9. The van der Waals surface area contributed by atoms with E-state index in [2.05, 4.69) is 20.7 Å². The fraction of sp³-hybridized carbons (Fsp3) is 0.200. The lowest BCUT2D eigenvalue weighted by molar-refractivity contribution is 0.104. The van der Waals surface area contributed by atoms with Gasteiger partial charge in [-0.1, -0.05) is 56.3 Å². The molecule has 0 spiro atoms. The van der Waals surface area contributed by atoms with Crippen molar-refractivity contribution >= 4 is 28.8 Å². The van der Waals surface area contributed by atoms with E-state index in [4.69, 9.17) is 5.73 Å². The van der Waals surface area contributed by atoms with Crippen molar-refractivity contribution < 1.29 is 9.59 Å². The van der Waals surface area contributed by atoms with Crippen molar-refractivity contribution in [3.05, 3.63) is 89.4 Å². The minimum atomic E-state index is -0.329. The highest BCUT2D eigenvalue weighted by atomic mass is 16.2. The zero-order chi connectivity index (χ0) is 23.4. The van der Waals surface area contributed by atoms with E-state index in [9.17, 15) is 9.59 Å². The van der Waals surface area contributed by atoms with Crippen molar-refractivity contribution in [3.63, 3.8) is 0 Å². The molecule has 0 saturated carbocycles. The Morgan fingerprint density at radius 1 is 1.06 bits per heavy atom. The van der Waals surface area contributed by atoms with Crippen molar-refractivity contribution in [2.75, 3.05) is 17.6 Å². The van der Waals surface area contributed by atoms with Crippen LogP contribution in [0.5, 0.6) is 0 Å². The normalized spacial score (nSPS) is 11.0. The van der Waals surface area contributed by atoms with Crippen LogP contribution in [0.4, 0.5) is 16.3 Å². The van der Waals surface area contributed by atoms with Crippen LogP contribution < -0.4 is 16.4 Å². The zero-order valence-corrected chi connectivity index (χ0v) is 18.6. The molecule has 2 aromatic carbocycles. The Labute approximate surface area is 191 Å².